The Labute approximate surface area is 145 Å². The number of hydrogen-bond donors (Lipinski definition) is 0. The molecule has 0 saturated carbocycles. The molecular weight excluding hydrogens is 415 g/mol. The first-order valence-electron chi connectivity index (χ1n) is 6.59. The van der Waals surface area contributed by atoms with Gasteiger partial charge in [-0.05, 0) is 42.8 Å². The summed E-state index contributed by atoms with van der Waals surface area (Å²) in [5, 5.41) is -0.136. The Kier molecular flexibility index (Phi) is 4.38. The van der Waals surface area contributed by atoms with Gasteiger partial charge in [0.15, 0.2) is 0 Å². The van der Waals surface area contributed by atoms with E-state index in [0.717, 1.165) is 32.3 Å². The van der Waals surface area contributed by atoms with Gasteiger partial charge in [0.25, 0.3) is 0 Å². The van der Waals surface area contributed by atoms with Crippen LogP contribution >= 0.6 is 43.5 Å². The van der Waals surface area contributed by atoms with E-state index in [-0.39, 0.29) is 5.38 Å². The van der Waals surface area contributed by atoms with Gasteiger partial charge in [-0.15, -0.1) is 11.6 Å². The summed E-state index contributed by atoms with van der Waals surface area (Å²) >= 11 is 13.4. The molecule has 2 aromatic carbocycles. The first kappa shape index (κ1) is 15.1. The van der Waals surface area contributed by atoms with E-state index in [1.165, 1.54) is 5.56 Å². The Balaban J connectivity index is 2.14. The largest absolute Gasteiger partial charge is 0.322 e. The lowest BCUT2D eigenvalue weighted by molar-refractivity contribution is 0.742. The number of benzene rings is 2. The average Bonchev–Trinajstić information content (AvgIpc) is 2.77. The van der Waals surface area contributed by atoms with Gasteiger partial charge in [0.2, 0.25) is 0 Å². The van der Waals surface area contributed by atoms with Gasteiger partial charge in [-0.25, -0.2) is 4.98 Å². The van der Waals surface area contributed by atoms with Crippen molar-refractivity contribution in [2.45, 2.75) is 18.8 Å². The Morgan fingerprint density at radius 3 is 2.62 bits per heavy atom. The van der Waals surface area contributed by atoms with Gasteiger partial charge in [0, 0.05) is 15.5 Å². The minimum absolute atomic E-state index is 0.136. The van der Waals surface area contributed by atoms with E-state index in [1.807, 2.05) is 31.2 Å². The van der Waals surface area contributed by atoms with Crippen LogP contribution < -0.4 is 0 Å². The van der Waals surface area contributed by atoms with Crippen LogP contribution in [-0.4, -0.2) is 9.55 Å². The zero-order valence-electron chi connectivity index (χ0n) is 11.4. The number of rotatable bonds is 3. The molecule has 1 heterocycles. The van der Waals surface area contributed by atoms with Crippen molar-refractivity contribution in [1.29, 1.82) is 0 Å². The van der Waals surface area contributed by atoms with Crippen molar-refractivity contribution >= 4 is 54.5 Å². The smallest absolute Gasteiger partial charge is 0.128 e. The predicted octanol–water partition coefficient (Wildman–Crippen LogP) is 5.91. The van der Waals surface area contributed by atoms with Crippen LogP contribution in [0.25, 0.3) is 11.0 Å². The molecule has 3 rings (SSSR count). The number of alkyl halides is 1. The molecule has 0 bridgehead atoms. The molecule has 5 heteroatoms. The Morgan fingerprint density at radius 2 is 1.90 bits per heavy atom. The number of hydrogen-bond acceptors (Lipinski definition) is 1. The Morgan fingerprint density at radius 1 is 1.14 bits per heavy atom. The first-order valence-corrected chi connectivity index (χ1v) is 8.61. The van der Waals surface area contributed by atoms with Crippen LogP contribution in [0.15, 0.2) is 51.4 Å². The molecule has 1 unspecified atom stereocenters. The topological polar surface area (TPSA) is 17.8 Å². The lowest BCUT2D eigenvalue weighted by Crippen LogP contribution is -2.05. The zero-order chi connectivity index (χ0) is 15.0. The standard InChI is InChI=1S/C16H13Br2ClN2/c1-10(19)16-20-14-6-5-13(18)8-15(14)21(16)9-11-3-2-4-12(17)7-11/h2-8,10H,9H2,1H3. The van der Waals surface area contributed by atoms with Crippen LogP contribution in [0.3, 0.4) is 0 Å². The van der Waals surface area contributed by atoms with E-state index >= 15 is 0 Å². The molecule has 0 aliphatic carbocycles. The summed E-state index contributed by atoms with van der Waals surface area (Å²) in [4.78, 5) is 4.67. The highest BCUT2D eigenvalue weighted by atomic mass is 79.9. The molecule has 1 atom stereocenters. The monoisotopic (exact) mass is 426 g/mol. The molecule has 0 spiro atoms. The zero-order valence-corrected chi connectivity index (χ0v) is 15.3. The van der Waals surface area contributed by atoms with Crippen LogP contribution in [0.1, 0.15) is 23.7 Å². The fraction of sp³-hybridized carbons (Fsp3) is 0.188. The second-order valence-corrected chi connectivity index (χ2v) is 7.42. The molecule has 0 fully saturated rings. The molecule has 0 radical (unpaired) electrons. The third-order valence-electron chi connectivity index (χ3n) is 3.33. The van der Waals surface area contributed by atoms with Crippen molar-refractivity contribution in [1.82, 2.24) is 9.55 Å². The highest BCUT2D eigenvalue weighted by molar-refractivity contribution is 9.10. The summed E-state index contributed by atoms with van der Waals surface area (Å²) in [5.41, 5.74) is 3.27. The van der Waals surface area contributed by atoms with Gasteiger partial charge in [-0.1, -0.05) is 44.0 Å². The van der Waals surface area contributed by atoms with E-state index < -0.39 is 0 Å². The normalized spacial score (nSPS) is 12.8. The van der Waals surface area contributed by atoms with E-state index in [9.17, 15) is 0 Å². The average molecular weight is 429 g/mol. The molecule has 0 aliphatic heterocycles. The summed E-state index contributed by atoms with van der Waals surface area (Å²) in [5.74, 6) is 0.893. The number of aromatic nitrogens is 2. The van der Waals surface area contributed by atoms with Crippen LogP contribution in [0.4, 0.5) is 0 Å². The summed E-state index contributed by atoms with van der Waals surface area (Å²) in [6, 6.07) is 14.4. The predicted molar refractivity (Wildman–Crippen MR) is 94.9 cm³/mol. The maximum absolute atomic E-state index is 6.31. The van der Waals surface area contributed by atoms with E-state index in [1.54, 1.807) is 0 Å². The van der Waals surface area contributed by atoms with Crippen molar-refractivity contribution in [3.05, 3.63) is 62.8 Å². The molecule has 1 aromatic heterocycles. The fourth-order valence-electron chi connectivity index (χ4n) is 2.40. The van der Waals surface area contributed by atoms with Gasteiger partial charge in [-0.2, -0.15) is 0 Å². The fourth-order valence-corrected chi connectivity index (χ4v) is 3.36. The van der Waals surface area contributed by atoms with Crippen molar-refractivity contribution in [3.8, 4) is 0 Å². The number of nitrogens with zero attached hydrogens (tertiary/aromatic N) is 2. The van der Waals surface area contributed by atoms with Crippen molar-refractivity contribution in [2.24, 2.45) is 0 Å². The minimum Gasteiger partial charge on any atom is -0.322 e. The highest BCUT2D eigenvalue weighted by Gasteiger charge is 2.15. The lowest BCUT2D eigenvalue weighted by Gasteiger charge is -2.11. The van der Waals surface area contributed by atoms with E-state index in [2.05, 4.69) is 59.6 Å². The van der Waals surface area contributed by atoms with E-state index in [0.29, 0.717) is 0 Å². The quantitative estimate of drug-likeness (QED) is 0.474. The SMILES string of the molecule is CC(Cl)c1nc2ccc(Br)cc2n1Cc1cccc(Br)c1. The number of fused-ring (bicyclic) bond motifs is 1. The molecule has 3 aromatic rings. The minimum atomic E-state index is -0.136. The van der Waals surface area contributed by atoms with Crippen molar-refractivity contribution in [3.63, 3.8) is 0 Å². The third-order valence-corrected chi connectivity index (χ3v) is 4.51. The van der Waals surface area contributed by atoms with Crippen molar-refractivity contribution < 1.29 is 0 Å². The van der Waals surface area contributed by atoms with Gasteiger partial charge in [-0.3, -0.25) is 0 Å². The maximum atomic E-state index is 6.31. The van der Waals surface area contributed by atoms with Gasteiger partial charge < -0.3 is 4.57 Å². The van der Waals surface area contributed by atoms with Crippen LogP contribution in [0, 0.1) is 0 Å². The molecule has 0 saturated heterocycles. The number of imidazole rings is 1. The third kappa shape index (κ3) is 3.17. The summed E-state index contributed by atoms with van der Waals surface area (Å²) in [6.07, 6.45) is 0. The summed E-state index contributed by atoms with van der Waals surface area (Å²) in [7, 11) is 0. The van der Waals surface area contributed by atoms with Gasteiger partial charge >= 0.3 is 0 Å². The van der Waals surface area contributed by atoms with Crippen LogP contribution in [0.2, 0.25) is 0 Å². The molecule has 0 amide bonds. The van der Waals surface area contributed by atoms with Gasteiger partial charge in [0.05, 0.1) is 16.4 Å². The van der Waals surface area contributed by atoms with Crippen LogP contribution in [0.5, 0.6) is 0 Å². The molecule has 2 nitrogen and oxygen atoms in total. The lowest BCUT2D eigenvalue weighted by atomic mass is 10.2. The number of halogens is 3. The Bertz CT molecular complexity index is 796. The highest BCUT2D eigenvalue weighted by Crippen LogP contribution is 2.28. The molecule has 21 heavy (non-hydrogen) atoms. The van der Waals surface area contributed by atoms with E-state index in [4.69, 9.17) is 11.6 Å². The first-order chi connectivity index (χ1) is 10.0. The molecule has 0 aliphatic rings. The van der Waals surface area contributed by atoms with Crippen molar-refractivity contribution in [2.75, 3.05) is 0 Å². The summed E-state index contributed by atoms with van der Waals surface area (Å²) in [6.45, 7) is 2.70. The van der Waals surface area contributed by atoms with Gasteiger partial charge in [0.1, 0.15) is 5.82 Å². The molecule has 108 valence electrons. The molecular formula is C16H13Br2ClN2. The second-order valence-electron chi connectivity index (χ2n) is 4.94. The van der Waals surface area contributed by atoms with Crippen LogP contribution in [-0.2, 0) is 6.54 Å². The Hall–Kier alpha value is -0.840. The molecule has 0 N–H and O–H groups in total. The maximum Gasteiger partial charge on any atom is 0.128 e. The second kappa shape index (κ2) is 6.11. The summed E-state index contributed by atoms with van der Waals surface area (Å²) < 4.78 is 4.30.